The third kappa shape index (κ3) is 3.05. The Hall–Kier alpha value is -2.51. The van der Waals surface area contributed by atoms with Gasteiger partial charge < -0.3 is 4.90 Å². The molecule has 8 nitrogen and oxygen atoms in total. The van der Waals surface area contributed by atoms with Crippen LogP contribution in [0.3, 0.4) is 0 Å². The van der Waals surface area contributed by atoms with Gasteiger partial charge >= 0.3 is 0 Å². The lowest BCUT2D eigenvalue weighted by molar-refractivity contribution is -0.394. The van der Waals surface area contributed by atoms with Crippen LogP contribution in [0.15, 0.2) is 18.2 Å². The van der Waals surface area contributed by atoms with E-state index in [9.17, 15) is 25.0 Å². The molecule has 1 aromatic carbocycles. The van der Waals surface area contributed by atoms with Gasteiger partial charge in [-0.2, -0.15) is 0 Å². The third-order valence-corrected chi connectivity index (χ3v) is 4.00. The smallest absolute Gasteiger partial charge is 0.277 e. The molecule has 1 amide bonds. The molecule has 1 aliphatic rings. The summed E-state index contributed by atoms with van der Waals surface area (Å²) in [6.45, 7) is 3.83. The minimum Gasteiger partial charge on any atom is -0.333 e. The molecule has 118 valence electrons. The van der Waals surface area contributed by atoms with Gasteiger partial charge in [-0.3, -0.25) is 25.0 Å². The SMILES string of the molecule is C[C@@H]1CCC[C@H](C)N1C(=O)c1cc([N+](=O)[O-])cc([N+](=O)[O-])c1. The second-order valence-corrected chi connectivity index (χ2v) is 5.59. The number of likely N-dealkylation sites (tertiary alicyclic amines) is 1. The number of rotatable bonds is 3. The quantitative estimate of drug-likeness (QED) is 0.630. The van der Waals surface area contributed by atoms with Crippen LogP contribution in [0, 0.1) is 20.2 Å². The summed E-state index contributed by atoms with van der Waals surface area (Å²) in [6.07, 6.45) is 2.72. The van der Waals surface area contributed by atoms with E-state index in [1.807, 2.05) is 13.8 Å². The summed E-state index contributed by atoms with van der Waals surface area (Å²) in [5, 5.41) is 21.8. The van der Waals surface area contributed by atoms with Crippen molar-refractivity contribution in [2.75, 3.05) is 0 Å². The molecule has 0 radical (unpaired) electrons. The van der Waals surface area contributed by atoms with E-state index in [0.29, 0.717) is 0 Å². The van der Waals surface area contributed by atoms with Crippen molar-refractivity contribution in [3.05, 3.63) is 44.0 Å². The van der Waals surface area contributed by atoms with Gasteiger partial charge in [-0.1, -0.05) is 0 Å². The average molecular weight is 307 g/mol. The molecule has 8 heteroatoms. The number of hydrogen-bond acceptors (Lipinski definition) is 5. The minimum absolute atomic E-state index is 0.00886. The van der Waals surface area contributed by atoms with Gasteiger partial charge in [-0.15, -0.1) is 0 Å². The van der Waals surface area contributed by atoms with Gasteiger partial charge in [-0.25, -0.2) is 0 Å². The number of hydrogen-bond donors (Lipinski definition) is 0. The summed E-state index contributed by atoms with van der Waals surface area (Å²) in [6, 6.07) is 3.08. The Morgan fingerprint density at radius 1 is 1.05 bits per heavy atom. The Labute approximate surface area is 127 Å². The third-order valence-electron chi connectivity index (χ3n) is 4.00. The van der Waals surface area contributed by atoms with Crippen molar-refractivity contribution in [3.63, 3.8) is 0 Å². The number of amides is 1. The van der Waals surface area contributed by atoms with E-state index in [1.54, 1.807) is 4.90 Å². The predicted octanol–water partition coefficient (Wildman–Crippen LogP) is 2.91. The van der Waals surface area contributed by atoms with Crippen molar-refractivity contribution in [3.8, 4) is 0 Å². The normalized spacial score (nSPS) is 21.5. The van der Waals surface area contributed by atoms with Crippen molar-refractivity contribution >= 4 is 17.3 Å². The Kier molecular flexibility index (Phi) is 4.39. The maximum Gasteiger partial charge on any atom is 0.277 e. The van der Waals surface area contributed by atoms with Crippen molar-refractivity contribution in [1.82, 2.24) is 4.90 Å². The van der Waals surface area contributed by atoms with Gasteiger partial charge in [0.25, 0.3) is 17.3 Å². The minimum atomic E-state index is -0.729. The van der Waals surface area contributed by atoms with E-state index < -0.39 is 27.1 Å². The lowest BCUT2D eigenvalue weighted by atomic mass is 9.96. The predicted molar refractivity (Wildman–Crippen MR) is 78.7 cm³/mol. The Balaban J connectivity index is 2.44. The van der Waals surface area contributed by atoms with Gasteiger partial charge in [0.05, 0.1) is 21.5 Å². The van der Waals surface area contributed by atoms with Crippen molar-refractivity contribution in [1.29, 1.82) is 0 Å². The zero-order valence-electron chi connectivity index (χ0n) is 12.4. The molecule has 0 bridgehead atoms. The number of piperidine rings is 1. The molecule has 0 spiro atoms. The van der Waals surface area contributed by atoms with Gasteiger partial charge in [-0.05, 0) is 33.1 Å². The molecule has 0 aliphatic carbocycles. The molecule has 2 rings (SSSR count). The zero-order valence-corrected chi connectivity index (χ0v) is 12.4. The second kappa shape index (κ2) is 6.08. The molecule has 1 aliphatic heterocycles. The summed E-state index contributed by atoms with van der Waals surface area (Å²) in [4.78, 5) is 34.7. The fourth-order valence-corrected chi connectivity index (χ4v) is 2.90. The molecule has 0 aromatic heterocycles. The number of nitro benzene ring substituents is 2. The Bertz CT molecular complexity index is 589. The molecular formula is C14H17N3O5. The summed E-state index contributed by atoms with van der Waals surface area (Å²) >= 11 is 0. The van der Waals surface area contributed by atoms with E-state index in [4.69, 9.17) is 0 Å². The lowest BCUT2D eigenvalue weighted by Gasteiger charge is -2.39. The van der Waals surface area contributed by atoms with E-state index in [1.165, 1.54) is 0 Å². The molecule has 1 saturated heterocycles. The molecule has 22 heavy (non-hydrogen) atoms. The van der Waals surface area contributed by atoms with Gasteiger partial charge in [0.15, 0.2) is 0 Å². The molecule has 0 saturated carbocycles. The first kappa shape index (κ1) is 15.9. The molecule has 1 heterocycles. The number of benzene rings is 1. The van der Waals surface area contributed by atoms with Crippen LogP contribution in [-0.2, 0) is 0 Å². The van der Waals surface area contributed by atoms with Crippen molar-refractivity contribution < 1.29 is 14.6 Å². The van der Waals surface area contributed by atoms with Crippen LogP contribution in [0.4, 0.5) is 11.4 Å². The summed E-state index contributed by atoms with van der Waals surface area (Å²) in [7, 11) is 0. The zero-order chi connectivity index (χ0) is 16.4. The van der Waals surface area contributed by atoms with Crippen molar-refractivity contribution in [2.24, 2.45) is 0 Å². The van der Waals surface area contributed by atoms with E-state index in [2.05, 4.69) is 0 Å². The first-order chi connectivity index (χ1) is 10.3. The molecule has 2 atom stereocenters. The monoisotopic (exact) mass is 307 g/mol. The molecule has 1 fully saturated rings. The van der Waals surface area contributed by atoms with E-state index in [0.717, 1.165) is 37.5 Å². The largest absolute Gasteiger partial charge is 0.333 e. The molecule has 1 aromatic rings. The highest BCUT2D eigenvalue weighted by molar-refractivity contribution is 5.96. The summed E-state index contributed by atoms with van der Waals surface area (Å²) < 4.78 is 0. The van der Waals surface area contributed by atoms with Gasteiger partial charge in [0.1, 0.15) is 0 Å². The lowest BCUT2D eigenvalue weighted by Crippen LogP contribution is -2.47. The van der Waals surface area contributed by atoms with Gasteiger partial charge in [0, 0.05) is 24.2 Å². The van der Waals surface area contributed by atoms with Gasteiger partial charge in [0.2, 0.25) is 0 Å². The first-order valence-electron chi connectivity index (χ1n) is 7.07. The topological polar surface area (TPSA) is 107 Å². The van der Waals surface area contributed by atoms with Crippen LogP contribution >= 0.6 is 0 Å². The number of nitrogens with zero attached hydrogens (tertiary/aromatic N) is 3. The summed E-state index contributed by atoms with van der Waals surface area (Å²) in [5.41, 5.74) is -0.911. The van der Waals surface area contributed by atoms with Crippen LogP contribution in [0.25, 0.3) is 0 Å². The van der Waals surface area contributed by atoms with Crippen LogP contribution in [0.5, 0.6) is 0 Å². The summed E-state index contributed by atoms with van der Waals surface area (Å²) in [5.74, 6) is -0.397. The number of carbonyl (C=O) groups excluding carboxylic acids is 1. The fourth-order valence-electron chi connectivity index (χ4n) is 2.90. The highest BCUT2D eigenvalue weighted by atomic mass is 16.6. The van der Waals surface area contributed by atoms with Crippen LogP contribution in [0.1, 0.15) is 43.5 Å². The van der Waals surface area contributed by atoms with E-state index >= 15 is 0 Å². The van der Waals surface area contributed by atoms with Crippen LogP contribution in [0.2, 0.25) is 0 Å². The van der Waals surface area contributed by atoms with E-state index in [-0.39, 0.29) is 17.6 Å². The average Bonchev–Trinajstić information content (AvgIpc) is 2.46. The molecule has 0 unspecified atom stereocenters. The highest BCUT2D eigenvalue weighted by Gasteiger charge is 2.31. The molecular weight excluding hydrogens is 290 g/mol. The maximum atomic E-state index is 12.7. The first-order valence-corrected chi connectivity index (χ1v) is 7.07. The Morgan fingerprint density at radius 3 is 1.91 bits per heavy atom. The molecule has 0 N–H and O–H groups in total. The second-order valence-electron chi connectivity index (χ2n) is 5.59. The fraction of sp³-hybridized carbons (Fsp3) is 0.500. The van der Waals surface area contributed by atoms with Crippen LogP contribution < -0.4 is 0 Å². The van der Waals surface area contributed by atoms with Crippen LogP contribution in [-0.4, -0.2) is 32.7 Å². The number of carbonyl (C=O) groups is 1. The highest BCUT2D eigenvalue weighted by Crippen LogP contribution is 2.28. The standard InChI is InChI=1S/C14H17N3O5/c1-9-4-3-5-10(2)15(9)14(18)11-6-12(16(19)20)8-13(7-11)17(21)22/h6-10H,3-5H2,1-2H3/t9-,10+. The number of nitro groups is 2. The Morgan fingerprint density at radius 2 is 1.50 bits per heavy atom. The maximum absolute atomic E-state index is 12.7. The number of non-ortho nitro benzene ring substituents is 2. The van der Waals surface area contributed by atoms with Crippen molar-refractivity contribution in [2.45, 2.75) is 45.2 Å².